The predicted octanol–water partition coefficient (Wildman–Crippen LogP) is 5.12. The quantitative estimate of drug-likeness (QED) is 0.530. The third-order valence-corrected chi connectivity index (χ3v) is 7.34. The Kier molecular flexibility index (Phi) is 4.22. The normalized spacial score (nSPS) is 36.4. The Hall–Kier alpha value is -0.715. The highest BCUT2D eigenvalue weighted by molar-refractivity contribution is 6.60. The lowest BCUT2D eigenvalue weighted by atomic mass is 9.43. The van der Waals surface area contributed by atoms with Gasteiger partial charge in [-0.3, -0.25) is 0 Å². The van der Waals surface area contributed by atoms with Gasteiger partial charge in [-0.2, -0.15) is 13.2 Å². The van der Waals surface area contributed by atoms with Gasteiger partial charge in [0.25, 0.3) is 0 Å². The molecular formula is C19H23BClF3O2. The van der Waals surface area contributed by atoms with Gasteiger partial charge < -0.3 is 9.31 Å². The molecule has 0 N–H and O–H groups in total. The van der Waals surface area contributed by atoms with Gasteiger partial charge in [0, 0.05) is 0 Å². The SMILES string of the molecule is CC1(C)[C@@H]2C[C@H]3OB([C@H](Cl)Cc4ccc(C(F)(F)F)cc4)O[C@@]3(C)[C@H]1C2. The van der Waals surface area contributed by atoms with Crippen LogP contribution < -0.4 is 0 Å². The minimum atomic E-state index is -4.32. The van der Waals surface area contributed by atoms with Crippen molar-refractivity contribution >= 4 is 18.7 Å². The van der Waals surface area contributed by atoms with E-state index in [-0.39, 0.29) is 17.1 Å². The van der Waals surface area contributed by atoms with Crippen LogP contribution >= 0.6 is 11.6 Å². The summed E-state index contributed by atoms with van der Waals surface area (Å²) in [4.78, 5) is 0. The second kappa shape index (κ2) is 5.89. The summed E-state index contributed by atoms with van der Waals surface area (Å²) < 4.78 is 50.5. The lowest BCUT2D eigenvalue weighted by Gasteiger charge is -2.64. The first-order valence-corrected chi connectivity index (χ1v) is 9.59. The molecule has 7 heteroatoms. The van der Waals surface area contributed by atoms with Crippen molar-refractivity contribution in [2.24, 2.45) is 17.3 Å². The van der Waals surface area contributed by atoms with Gasteiger partial charge >= 0.3 is 13.3 Å². The zero-order valence-electron chi connectivity index (χ0n) is 15.1. The Bertz CT molecular complexity index is 693. The average Bonchev–Trinajstić information content (AvgIpc) is 2.91. The molecule has 1 aliphatic heterocycles. The number of benzene rings is 1. The van der Waals surface area contributed by atoms with Crippen molar-refractivity contribution in [1.29, 1.82) is 0 Å². The molecule has 0 spiro atoms. The van der Waals surface area contributed by atoms with Crippen molar-refractivity contribution in [3.05, 3.63) is 35.4 Å². The Balaban J connectivity index is 1.43. The van der Waals surface area contributed by atoms with E-state index in [9.17, 15) is 13.2 Å². The molecule has 4 aliphatic rings. The number of rotatable bonds is 3. The molecule has 0 aromatic heterocycles. The molecule has 5 atom stereocenters. The smallest absolute Gasteiger partial charge is 0.404 e. The van der Waals surface area contributed by atoms with E-state index in [2.05, 4.69) is 20.8 Å². The van der Waals surface area contributed by atoms with Crippen molar-refractivity contribution in [2.75, 3.05) is 0 Å². The van der Waals surface area contributed by atoms with Gasteiger partial charge in [0.15, 0.2) is 0 Å². The van der Waals surface area contributed by atoms with E-state index in [1.807, 2.05) is 0 Å². The van der Waals surface area contributed by atoms with Crippen molar-refractivity contribution in [2.45, 2.75) is 63.2 Å². The van der Waals surface area contributed by atoms with Crippen LogP contribution in [0.1, 0.15) is 44.7 Å². The lowest BCUT2D eigenvalue weighted by molar-refractivity contribution is -0.199. The van der Waals surface area contributed by atoms with Gasteiger partial charge in [0.05, 0.1) is 22.5 Å². The highest BCUT2D eigenvalue weighted by Gasteiger charge is 2.68. The molecule has 5 rings (SSSR count). The van der Waals surface area contributed by atoms with E-state index in [0.29, 0.717) is 18.3 Å². The fraction of sp³-hybridized carbons (Fsp3) is 0.684. The van der Waals surface area contributed by atoms with Gasteiger partial charge in [-0.15, -0.1) is 11.6 Å². The fourth-order valence-electron chi connectivity index (χ4n) is 5.20. The summed E-state index contributed by atoms with van der Waals surface area (Å²) in [5.74, 6) is 1.12. The minimum Gasteiger partial charge on any atom is -0.404 e. The number of halogens is 4. The molecule has 3 saturated carbocycles. The summed E-state index contributed by atoms with van der Waals surface area (Å²) in [5, 5.41) is -0.436. The molecule has 1 aromatic carbocycles. The maximum absolute atomic E-state index is 12.7. The topological polar surface area (TPSA) is 18.5 Å². The van der Waals surface area contributed by atoms with Crippen LogP contribution in [-0.4, -0.2) is 24.1 Å². The van der Waals surface area contributed by atoms with E-state index >= 15 is 0 Å². The molecule has 0 radical (unpaired) electrons. The largest absolute Gasteiger partial charge is 0.477 e. The number of hydrogen-bond donors (Lipinski definition) is 0. The maximum Gasteiger partial charge on any atom is 0.477 e. The standard InChI is InChI=1S/C19H23BClF3O2/c1-17(2)13-9-14(17)18(3)15(10-13)25-20(26-18)16(21)8-11-4-6-12(7-5-11)19(22,23)24/h4-7,13-16H,8-10H2,1-3H3/t13-,14-,15+,16+,18-/m0/s1. The summed E-state index contributed by atoms with van der Waals surface area (Å²) >= 11 is 6.54. The van der Waals surface area contributed by atoms with Crippen LogP contribution in [0.2, 0.25) is 0 Å². The molecular weight excluding hydrogens is 363 g/mol. The first kappa shape index (κ1) is 18.6. The molecule has 2 nitrogen and oxygen atoms in total. The Labute approximate surface area is 157 Å². The summed E-state index contributed by atoms with van der Waals surface area (Å²) in [5.41, 5.74) is 0.0331. The van der Waals surface area contributed by atoms with Crippen molar-refractivity contribution in [3.63, 3.8) is 0 Å². The van der Waals surface area contributed by atoms with Crippen LogP contribution in [0.25, 0.3) is 0 Å². The molecule has 1 saturated heterocycles. The second-order valence-corrected chi connectivity index (χ2v) is 9.31. The molecule has 1 heterocycles. The van der Waals surface area contributed by atoms with E-state index in [1.165, 1.54) is 18.6 Å². The predicted molar refractivity (Wildman–Crippen MR) is 94.9 cm³/mol. The summed E-state index contributed by atoms with van der Waals surface area (Å²) in [6.45, 7) is 6.72. The molecule has 2 bridgehead atoms. The summed E-state index contributed by atoms with van der Waals surface area (Å²) in [6.07, 6.45) is -1.71. The highest BCUT2D eigenvalue weighted by Crippen LogP contribution is 2.65. The highest BCUT2D eigenvalue weighted by atomic mass is 35.5. The zero-order chi connectivity index (χ0) is 18.9. The van der Waals surface area contributed by atoms with Gasteiger partial charge in [0.1, 0.15) is 0 Å². The number of hydrogen-bond acceptors (Lipinski definition) is 2. The first-order valence-electron chi connectivity index (χ1n) is 9.15. The van der Waals surface area contributed by atoms with Crippen LogP contribution in [0.5, 0.6) is 0 Å². The molecule has 0 unspecified atom stereocenters. The third-order valence-electron chi connectivity index (χ3n) is 6.98. The minimum absolute atomic E-state index is 0.0538. The summed E-state index contributed by atoms with van der Waals surface area (Å²) in [7, 11) is -0.524. The molecule has 1 aromatic rings. The average molecular weight is 387 g/mol. The van der Waals surface area contributed by atoms with Gasteiger partial charge in [-0.05, 0) is 61.1 Å². The lowest BCUT2D eigenvalue weighted by Crippen LogP contribution is -2.65. The van der Waals surface area contributed by atoms with E-state index < -0.39 is 24.1 Å². The molecule has 4 fully saturated rings. The second-order valence-electron chi connectivity index (χ2n) is 8.75. The van der Waals surface area contributed by atoms with Gasteiger partial charge in [-0.1, -0.05) is 26.0 Å². The van der Waals surface area contributed by atoms with E-state index in [0.717, 1.165) is 24.1 Å². The van der Waals surface area contributed by atoms with Crippen LogP contribution in [0.3, 0.4) is 0 Å². The van der Waals surface area contributed by atoms with E-state index in [1.54, 1.807) is 0 Å². The van der Waals surface area contributed by atoms with Crippen LogP contribution in [-0.2, 0) is 21.9 Å². The van der Waals surface area contributed by atoms with Crippen LogP contribution in [0.4, 0.5) is 13.2 Å². The maximum atomic E-state index is 12.7. The molecule has 142 valence electrons. The Morgan fingerprint density at radius 2 is 1.85 bits per heavy atom. The van der Waals surface area contributed by atoms with Crippen molar-refractivity contribution in [3.8, 4) is 0 Å². The van der Waals surface area contributed by atoms with E-state index in [4.69, 9.17) is 20.9 Å². The molecule has 3 aliphatic carbocycles. The van der Waals surface area contributed by atoms with Crippen LogP contribution in [0.15, 0.2) is 24.3 Å². The first-order chi connectivity index (χ1) is 12.0. The monoisotopic (exact) mass is 386 g/mol. The summed E-state index contributed by atoms with van der Waals surface area (Å²) in [6, 6.07) is 5.13. The molecule has 26 heavy (non-hydrogen) atoms. The Morgan fingerprint density at radius 1 is 1.19 bits per heavy atom. The van der Waals surface area contributed by atoms with Crippen LogP contribution in [0, 0.1) is 17.3 Å². The molecule has 0 amide bonds. The van der Waals surface area contributed by atoms with Crippen molar-refractivity contribution < 1.29 is 22.5 Å². The van der Waals surface area contributed by atoms with Gasteiger partial charge in [0.2, 0.25) is 0 Å². The Morgan fingerprint density at radius 3 is 2.42 bits per heavy atom. The third kappa shape index (κ3) is 2.80. The zero-order valence-corrected chi connectivity index (χ0v) is 15.9. The number of alkyl halides is 4. The van der Waals surface area contributed by atoms with Gasteiger partial charge in [-0.25, -0.2) is 0 Å². The fourth-order valence-corrected chi connectivity index (χ4v) is 5.49. The van der Waals surface area contributed by atoms with Crippen molar-refractivity contribution in [1.82, 2.24) is 0 Å².